The average Bonchev–Trinajstić information content (AvgIpc) is 1.99. The summed E-state index contributed by atoms with van der Waals surface area (Å²) in [5, 5.41) is 18.6. The van der Waals surface area contributed by atoms with Gasteiger partial charge in [-0.15, -0.1) is 0 Å². The molecule has 0 bridgehead atoms. The van der Waals surface area contributed by atoms with E-state index >= 15 is 0 Å². The second-order valence-corrected chi connectivity index (χ2v) is 3.47. The van der Waals surface area contributed by atoms with Gasteiger partial charge >= 0.3 is 5.97 Å². The van der Waals surface area contributed by atoms with Gasteiger partial charge in [-0.05, 0) is 13.3 Å². The molecule has 0 saturated heterocycles. The van der Waals surface area contributed by atoms with E-state index in [1.807, 2.05) is 6.92 Å². The first kappa shape index (κ1) is 12.4. The maximum Gasteiger partial charge on any atom is 0.309 e. The normalized spacial score (nSPS) is 17.8. The van der Waals surface area contributed by atoms with E-state index in [-0.39, 0.29) is 6.61 Å². The van der Waals surface area contributed by atoms with Crippen molar-refractivity contribution in [3.05, 3.63) is 0 Å². The van der Waals surface area contributed by atoms with E-state index in [0.29, 0.717) is 6.42 Å². The molecule has 0 amide bonds. The number of aliphatic hydroxyl groups is 1. The van der Waals surface area contributed by atoms with Crippen molar-refractivity contribution in [3.8, 4) is 0 Å². The first-order valence-corrected chi connectivity index (χ1v) is 4.39. The topological polar surface area (TPSA) is 66.8 Å². The molecular weight excluding hydrogens is 172 g/mol. The van der Waals surface area contributed by atoms with Gasteiger partial charge in [-0.1, -0.05) is 13.3 Å². The van der Waals surface area contributed by atoms with Crippen LogP contribution in [0.1, 0.15) is 26.7 Å². The molecule has 0 fully saturated rings. The maximum atomic E-state index is 10.8. The number of ether oxygens (including phenoxy) is 1. The summed E-state index contributed by atoms with van der Waals surface area (Å²) < 4.78 is 4.77. The number of carboxylic acid groups (broad SMARTS) is 1. The van der Waals surface area contributed by atoms with Crippen molar-refractivity contribution in [2.45, 2.75) is 32.3 Å². The Morgan fingerprint density at radius 1 is 1.62 bits per heavy atom. The summed E-state index contributed by atoms with van der Waals surface area (Å²) in [6.07, 6.45) is 1.20. The predicted molar refractivity (Wildman–Crippen MR) is 48.5 cm³/mol. The van der Waals surface area contributed by atoms with Crippen molar-refractivity contribution in [3.63, 3.8) is 0 Å². The van der Waals surface area contributed by atoms with Gasteiger partial charge in [-0.3, -0.25) is 4.79 Å². The highest BCUT2D eigenvalue weighted by Crippen LogP contribution is 2.22. The van der Waals surface area contributed by atoms with Crippen LogP contribution in [0.4, 0.5) is 0 Å². The molecule has 4 heteroatoms. The standard InChI is InChI=1S/C9H18O4/c1-4-5-7(8(10)11)9(2,12)6-13-3/h7,12H,4-6H2,1-3H3,(H,10,11). The van der Waals surface area contributed by atoms with Crippen LogP contribution < -0.4 is 0 Å². The molecule has 2 N–H and O–H groups in total. The number of aliphatic carboxylic acids is 1. The maximum absolute atomic E-state index is 10.8. The second kappa shape index (κ2) is 5.19. The molecule has 0 spiro atoms. The molecular formula is C9H18O4. The molecule has 0 aliphatic rings. The molecule has 2 unspecified atom stereocenters. The number of hydrogen-bond donors (Lipinski definition) is 2. The van der Waals surface area contributed by atoms with Gasteiger partial charge in [0.15, 0.2) is 0 Å². The summed E-state index contributed by atoms with van der Waals surface area (Å²) in [4.78, 5) is 10.8. The summed E-state index contributed by atoms with van der Waals surface area (Å²) in [6.45, 7) is 3.42. The van der Waals surface area contributed by atoms with Crippen molar-refractivity contribution in [1.82, 2.24) is 0 Å². The molecule has 78 valence electrons. The van der Waals surface area contributed by atoms with Gasteiger partial charge in [0.1, 0.15) is 0 Å². The minimum Gasteiger partial charge on any atom is -0.481 e. The highest BCUT2D eigenvalue weighted by Gasteiger charge is 2.36. The van der Waals surface area contributed by atoms with Crippen LogP contribution in [0.2, 0.25) is 0 Å². The highest BCUT2D eigenvalue weighted by atomic mass is 16.5. The fraction of sp³-hybridized carbons (Fsp3) is 0.889. The van der Waals surface area contributed by atoms with E-state index in [1.54, 1.807) is 0 Å². The van der Waals surface area contributed by atoms with Gasteiger partial charge in [0, 0.05) is 7.11 Å². The van der Waals surface area contributed by atoms with Crippen LogP contribution in [0.3, 0.4) is 0 Å². The molecule has 0 heterocycles. The lowest BCUT2D eigenvalue weighted by atomic mass is 9.86. The smallest absolute Gasteiger partial charge is 0.309 e. The lowest BCUT2D eigenvalue weighted by molar-refractivity contribution is -0.155. The minimum atomic E-state index is -1.28. The summed E-state index contributed by atoms with van der Waals surface area (Å²) in [7, 11) is 1.44. The molecule has 0 aromatic rings. The van der Waals surface area contributed by atoms with Gasteiger partial charge in [0.2, 0.25) is 0 Å². The number of hydrogen-bond acceptors (Lipinski definition) is 3. The Morgan fingerprint density at radius 3 is 2.46 bits per heavy atom. The Labute approximate surface area is 78.5 Å². The molecule has 0 radical (unpaired) electrons. The van der Waals surface area contributed by atoms with Crippen LogP contribution in [-0.4, -0.2) is 35.5 Å². The highest BCUT2D eigenvalue weighted by molar-refractivity contribution is 5.71. The van der Waals surface area contributed by atoms with Gasteiger partial charge in [0.05, 0.1) is 18.1 Å². The average molecular weight is 190 g/mol. The van der Waals surface area contributed by atoms with Crippen molar-refractivity contribution in [1.29, 1.82) is 0 Å². The molecule has 0 aliphatic carbocycles. The zero-order chi connectivity index (χ0) is 10.5. The van der Waals surface area contributed by atoms with Crippen LogP contribution in [0.25, 0.3) is 0 Å². The van der Waals surface area contributed by atoms with E-state index in [1.165, 1.54) is 14.0 Å². The van der Waals surface area contributed by atoms with E-state index < -0.39 is 17.5 Å². The Balaban J connectivity index is 4.41. The first-order valence-electron chi connectivity index (χ1n) is 4.39. The number of carboxylic acids is 1. The molecule has 0 rings (SSSR count). The van der Waals surface area contributed by atoms with Gasteiger partial charge in [-0.25, -0.2) is 0 Å². The third kappa shape index (κ3) is 3.74. The summed E-state index contributed by atoms with van der Waals surface area (Å²) in [5.74, 6) is -1.72. The second-order valence-electron chi connectivity index (χ2n) is 3.47. The predicted octanol–water partition coefficient (Wildman–Crippen LogP) is 0.885. The monoisotopic (exact) mass is 190 g/mol. The zero-order valence-corrected chi connectivity index (χ0v) is 8.41. The van der Waals surface area contributed by atoms with Crippen molar-refractivity contribution in [2.24, 2.45) is 5.92 Å². The van der Waals surface area contributed by atoms with E-state index in [2.05, 4.69) is 0 Å². The van der Waals surface area contributed by atoms with Gasteiger partial charge < -0.3 is 14.9 Å². The summed E-state index contributed by atoms with van der Waals surface area (Å²) in [6, 6.07) is 0. The van der Waals surface area contributed by atoms with E-state index in [9.17, 15) is 9.90 Å². The van der Waals surface area contributed by atoms with E-state index in [4.69, 9.17) is 9.84 Å². The molecule has 4 nitrogen and oxygen atoms in total. The number of methoxy groups -OCH3 is 1. The SMILES string of the molecule is CCCC(C(=O)O)C(C)(O)COC. The van der Waals surface area contributed by atoms with Crippen LogP contribution in [0.15, 0.2) is 0 Å². The van der Waals surface area contributed by atoms with Crippen LogP contribution >= 0.6 is 0 Å². The lowest BCUT2D eigenvalue weighted by Crippen LogP contribution is -2.43. The Hall–Kier alpha value is -0.610. The minimum absolute atomic E-state index is 0.0456. The summed E-state index contributed by atoms with van der Waals surface area (Å²) in [5.41, 5.74) is -1.28. The van der Waals surface area contributed by atoms with Crippen molar-refractivity contribution >= 4 is 5.97 Å². The Kier molecular flexibility index (Phi) is 4.95. The Morgan fingerprint density at radius 2 is 2.15 bits per heavy atom. The number of rotatable bonds is 6. The fourth-order valence-electron chi connectivity index (χ4n) is 1.38. The van der Waals surface area contributed by atoms with Crippen LogP contribution in [0.5, 0.6) is 0 Å². The quantitative estimate of drug-likeness (QED) is 0.652. The van der Waals surface area contributed by atoms with Crippen molar-refractivity contribution < 1.29 is 19.7 Å². The van der Waals surface area contributed by atoms with Gasteiger partial charge in [-0.2, -0.15) is 0 Å². The van der Waals surface area contributed by atoms with Crippen LogP contribution in [-0.2, 0) is 9.53 Å². The molecule has 2 atom stereocenters. The molecule has 0 aliphatic heterocycles. The first-order chi connectivity index (χ1) is 5.95. The number of carbonyl (C=O) groups is 1. The Bertz CT molecular complexity index is 165. The lowest BCUT2D eigenvalue weighted by Gasteiger charge is -2.28. The van der Waals surface area contributed by atoms with Crippen LogP contribution in [0, 0.1) is 5.92 Å². The van der Waals surface area contributed by atoms with Gasteiger partial charge in [0.25, 0.3) is 0 Å². The zero-order valence-electron chi connectivity index (χ0n) is 8.41. The fourth-order valence-corrected chi connectivity index (χ4v) is 1.38. The summed E-state index contributed by atoms with van der Waals surface area (Å²) >= 11 is 0. The largest absolute Gasteiger partial charge is 0.481 e. The van der Waals surface area contributed by atoms with E-state index in [0.717, 1.165) is 6.42 Å². The molecule has 0 aromatic carbocycles. The molecule has 13 heavy (non-hydrogen) atoms. The third-order valence-electron chi connectivity index (χ3n) is 2.06. The molecule has 0 saturated carbocycles. The van der Waals surface area contributed by atoms with Crippen molar-refractivity contribution in [2.75, 3.05) is 13.7 Å². The third-order valence-corrected chi connectivity index (χ3v) is 2.06. The molecule has 0 aromatic heterocycles.